The van der Waals surface area contributed by atoms with E-state index in [2.05, 4.69) is 0 Å². The van der Waals surface area contributed by atoms with Gasteiger partial charge in [0.1, 0.15) is 16.6 Å². The van der Waals surface area contributed by atoms with Gasteiger partial charge in [0.15, 0.2) is 0 Å². The molecule has 2 unspecified atom stereocenters. The smallest absolute Gasteiger partial charge is 0.238 e. The average Bonchev–Trinajstić information content (AvgIpc) is 3.01. The van der Waals surface area contributed by atoms with E-state index in [9.17, 15) is 15.0 Å². The van der Waals surface area contributed by atoms with E-state index in [1.807, 2.05) is 125 Å². The van der Waals surface area contributed by atoms with Crippen molar-refractivity contribution in [1.82, 2.24) is 4.90 Å². The molecule has 5 rings (SSSR count). The predicted molar refractivity (Wildman–Crippen MR) is 182 cm³/mol. The second-order valence-corrected chi connectivity index (χ2v) is 13.4. The Kier molecular flexibility index (Phi) is 9.00. The molecule has 0 aliphatic heterocycles. The number of carbonyl (C=O) groups is 2. The third-order valence-corrected chi connectivity index (χ3v) is 10.3. The third-order valence-electron chi connectivity index (χ3n) is 10.3. The van der Waals surface area contributed by atoms with Gasteiger partial charge in [0.05, 0.1) is 12.1 Å². The summed E-state index contributed by atoms with van der Waals surface area (Å²) >= 11 is 0. The van der Waals surface area contributed by atoms with Gasteiger partial charge in [0, 0.05) is 0 Å². The molecule has 2 amide bonds. The zero-order valence-electron chi connectivity index (χ0n) is 27.7. The fraction of sp³-hybridized carbons (Fsp3) is 0.350. The van der Waals surface area contributed by atoms with E-state index in [4.69, 9.17) is 5.73 Å². The molecule has 0 radical (unpaired) electrons. The lowest BCUT2D eigenvalue weighted by atomic mass is 9.65. The van der Waals surface area contributed by atoms with Crippen molar-refractivity contribution in [3.8, 4) is 0 Å². The number of hydrogen-bond acceptors (Lipinski definition) is 4. The second-order valence-electron chi connectivity index (χ2n) is 13.4. The van der Waals surface area contributed by atoms with Gasteiger partial charge in [-0.1, -0.05) is 126 Å². The molecule has 240 valence electrons. The van der Waals surface area contributed by atoms with Crippen LogP contribution < -0.4 is 5.73 Å². The standard InChI is InChI=1S/C40H46N2O4/c1-26-8-16-32(17-9-26)39(45,33-18-10-27(2)11-19-33)30(5)42(37(44)38(36(41)43)24-7-25-38)31(6)40(46,34-20-12-28(3)13-21-34)35-22-14-29(4)15-23-35/h8-23,30-31,45-46H,7,24-25H2,1-6H3,(H2,41,43). The molecule has 0 spiro atoms. The summed E-state index contributed by atoms with van der Waals surface area (Å²) in [6, 6.07) is 28.6. The van der Waals surface area contributed by atoms with E-state index >= 15 is 4.79 Å². The maximum Gasteiger partial charge on any atom is 0.238 e. The molecule has 4 aromatic rings. The number of hydrogen-bond donors (Lipinski definition) is 3. The van der Waals surface area contributed by atoms with Crippen molar-refractivity contribution in [2.75, 3.05) is 0 Å². The second kappa shape index (κ2) is 12.5. The van der Waals surface area contributed by atoms with Gasteiger partial charge < -0.3 is 20.8 Å². The van der Waals surface area contributed by atoms with Crippen molar-refractivity contribution in [2.24, 2.45) is 11.1 Å². The molecule has 4 aromatic carbocycles. The summed E-state index contributed by atoms with van der Waals surface area (Å²) in [4.78, 5) is 29.6. The van der Waals surface area contributed by atoms with Gasteiger partial charge in [-0.05, 0) is 76.6 Å². The van der Waals surface area contributed by atoms with Gasteiger partial charge in [-0.25, -0.2) is 0 Å². The first-order valence-electron chi connectivity index (χ1n) is 16.1. The Morgan fingerprint density at radius 3 is 1.07 bits per heavy atom. The minimum Gasteiger partial charge on any atom is -0.378 e. The molecule has 0 aromatic heterocycles. The van der Waals surface area contributed by atoms with E-state index in [0.29, 0.717) is 41.5 Å². The van der Waals surface area contributed by atoms with Crippen LogP contribution in [-0.4, -0.2) is 39.0 Å². The lowest BCUT2D eigenvalue weighted by Gasteiger charge is -2.52. The van der Waals surface area contributed by atoms with Crippen LogP contribution in [0.2, 0.25) is 0 Å². The number of amides is 2. The van der Waals surface area contributed by atoms with Crippen LogP contribution in [0.3, 0.4) is 0 Å². The van der Waals surface area contributed by atoms with Gasteiger partial charge in [0.25, 0.3) is 0 Å². The van der Waals surface area contributed by atoms with E-state index in [1.165, 1.54) is 0 Å². The largest absolute Gasteiger partial charge is 0.378 e. The summed E-state index contributed by atoms with van der Waals surface area (Å²) in [6.07, 6.45) is 1.32. The van der Waals surface area contributed by atoms with Crippen LogP contribution >= 0.6 is 0 Å². The minimum absolute atomic E-state index is 0.318. The Morgan fingerprint density at radius 2 is 0.870 bits per heavy atom. The van der Waals surface area contributed by atoms with Crippen LogP contribution in [0, 0.1) is 33.1 Å². The molecule has 6 nitrogen and oxygen atoms in total. The molecular formula is C40H46N2O4. The molecule has 1 saturated carbocycles. The first-order valence-corrected chi connectivity index (χ1v) is 16.1. The Bertz CT molecular complexity index is 1490. The molecule has 0 saturated heterocycles. The van der Waals surface area contributed by atoms with E-state index in [1.54, 1.807) is 18.7 Å². The van der Waals surface area contributed by atoms with Crippen molar-refractivity contribution in [2.45, 2.75) is 84.1 Å². The monoisotopic (exact) mass is 618 g/mol. The molecule has 1 aliphatic carbocycles. The van der Waals surface area contributed by atoms with Gasteiger partial charge in [-0.15, -0.1) is 0 Å². The van der Waals surface area contributed by atoms with Crippen LogP contribution in [0.15, 0.2) is 97.1 Å². The van der Waals surface area contributed by atoms with Crippen molar-refractivity contribution < 1.29 is 19.8 Å². The summed E-state index contributed by atoms with van der Waals surface area (Å²) in [5.74, 6) is -1.17. The molecule has 1 fully saturated rings. The number of nitrogens with two attached hydrogens (primary N) is 1. The Morgan fingerprint density at radius 1 is 0.609 bits per heavy atom. The number of aryl methyl sites for hydroxylation is 4. The highest BCUT2D eigenvalue weighted by molar-refractivity contribution is 6.05. The van der Waals surface area contributed by atoms with Gasteiger partial charge in [-0.2, -0.15) is 0 Å². The number of rotatable bonds is 10. The number of nitrogens with zero attached hydrogens (tertiary/aromatic N) is 1. The minimum atomic E-state index is -1.71. The summed E-state index contributed by atoms with van der Waals surface area (Å²) in [7, 11) is 0. The zero-order chi connectivity index (χ0) is 33.4. The Hall–Kier alpha value is -4.26. The van der Waals surface area contributed by atoms with Crippen LogP contribution in [0.4, 0.5) is 0 Å². The number of aliphatic hydroxyl groups is 2. The molecular weight excluding hydrogens is 572 g/mol. The van der Waals surface area contributed by atoms with Crippen molar-refractivity contribution >= 4 is 11.8 Å². The van der Waals surface area contributed by atoms with Crippen LogP contribution in [0.25, 0.3) is 0 Å². The number of carbonyl (C=O) groups excluding carboxylic acids is 2. The first kappa shape index (κ1) is 33.1. The molecule has 1 aliphatic rings. The molecule has 2 atom stereocenters. The maximum absolute atomic E-state index is 15.0. The lowest BCUT2D eigenvalue weighted by Crippen LogP contribution is -2.66. The van der Waals surface area contributed by atoms with Crippen LogP contribution in [0.1, 0.15) is 77.6 Å². The SMILES string of the molecule is Cc1ccc(C(O)(c2ccc(C)cc2)C(C)N(C(=O)C2(C(N)=O)CCC2)C(C)C(O)(c2ccc(C)cc2)c2ccc(C)cc2)cc1. The summed E-state index contributed by atoms with van der Waals surface area (Å²) < 4.78 is 0. The number of benzene rings is 4. The van der Waals surface area contributed by atoms with Crippen LogP contribution in [0.5, 0.6) is 0 Å². The van der Waals surface area contributed by atoms with Crippen LogP contribution in [-0.2, 0) is 20.8 Å². The molecule has 0 heterocycles. The summed E-state index contributed by atoms with van der Waals surface area (Å²) in [5, 5.41) is 26.1. The zero-order valence-corrected chi connectivity index (χ0v) is 27.7. The predicted octanol–water partition coefficient (Wildman–Crippen LogP) is 6.35. The lowest BCUT2D eigenvalue weighted by molar-refractivity contribution is -0.170. The molecule has 6 heteroatoms. The molecule has 46 heavy (non-hydrogen) atoms. The highest BCUT2D eigenvalue weighted by Crippen LogP contribution is 2.48. The van der Waals surface area contributed by atoms with E-state index in [-0.39, 0.29) is 0 Å². The summed E-state index contributed by atoms with van der Waals surface area (Å²) in [5.41, 5.74) is 7.62. The molecule has 0 bridgehead atoms. The van der Waals surface area contributed by atoms with Crippen molar-refractivity contribution in [3.05, 3.63) is 142 Å². The fourth-order valence-electron chi connectivity index (χ4n) is 6.96. The quantitative estimate of drug-likeness (QED) is 0.180. The Balaban J connectivity index is 1.78. The first-order chi connectivity index (χ1) is 21.7. The number of primary amides is 1. The topological polar surface area (TPSA) is 104 Å². The average molecular weight is 619 g/mol. The van der Waals surface area contributed by atoms with Crippen molar-refractivity contribution in [3.63, 3.8) is 0 Å². The summed E-state index contributed by atoms with van der Waals surface area (Å²) in [6.45, 7) is 11.5. The van der Waals surface area contributed by atoms with E-state index in [0.717, 1.165) is 22.3 Å². The van der Waals surface area contributed by atoms with Crippen molar-refractivity contribution in [1.29, 1.82) is 0 Å². The highest BCUT2D eigenvalue weighted by Gasteiger charge is 2.57. The van der Waals surface area contributed by atoms with E-state index < -0.39 is 40.5 Å². The molecule has 4 N–H and O–H groups in total. The normalized spacial score (nSPS) is 15.8. The maximum atomic E-state index is 15.0. The highest BCUT2D eigenvalue weighted by atomic mass is 16.3. The fourth-order valence-corrected chi connectivity index (χ4v) is 6.96. The van der Waals surface area contributed by atoms with Gasteiger partial charge >= 0.3 is 0 Å². The van der Waals surface area contributed by atoms with Gasteiger partial charge in [0.2, 0.25) is 11.8 Å². The Labute approximate surface area is 272 Å². The third kappa shape index (κ3) is 5.54. The van der Waals surface area contributed by atoms with Gasteiger partial charge in [-0.3, -0.25) is 9.59 Å².